The van der Waals surface area contributed by atoms with Crippen LogP contribution in [0.25, 0.3) is 6.08 Å². The average Bonchev–Trinajstić information content (AvgIpc) is 2.27. The first-order valence-electron chi connectivity index (χ1n) is 5.11. The molecule has 0 aliphatic carbocycles. The molecule has 0 aliphatic rings. The molecule has 4 heteroatoms. The van der Waals surface area contributed by atoms with Gasteiger partial charge in [0.2, 0.25) is 0 Å². The Morgan fingerprint density at radius 1 is 1.41 bits per heavy atom. The van der Waals surface area contributed by atoms with Gasteiger partial charge in [-0.2, -0.15) is 0 Å². The van der Waals surface area contributed by atoms with E-state index in [9.17, 15) is 9.59 Å². The highest BCUT2D eigenvalue weighted by Crippen LogP contribution is 2.13. The summed E-state index contributed by atoms with van der Waals surface area (Å²) < 4.78 is 0. The van der Waals surface area contributed by atoms with Crippen molar-refractivity contribution in [1.29, 1.82) is 0 Å². The zero-order chi connectivity index (χ0) is 12.8. The number of carboxylic acid groups (broad SMARTS) is 1. The zero-order valence-corrected chi connectivity index (χ0v) is 10.2. The molecule has 1 rings (SSSR count). The lowest BCUT2D eigenvalue weighted by Crippen LogP contribution is -2.04. The van der Waals surface area contributed by atoms with Crippen molar-refractivity contribution in [2.75, 3.05) is 5.88 Å². The molecule has 0 radical (unpaired) electrons. The van der Waals surface area contributed by atoms with Gasteiger partial charge >= 0.3 is 5.97 Å². The van der Waals surface area contributed by atoms with Gasteiger partial charge in [0, 0.05) is 12.5 Å². The molecule has 3 nitrogen and oxygen atoms in total. The summed E-state index contributed by atoms with van der Waals surface area (Å²) in [4.78, 5) is 21.6. The number of hydrogen-bond acceptors (Lipinski definition) is 2. The molecule has 0 spiro atoms. The van der Waals surface area contributed by atoms with Gasteiger partial charge in [-0.1, -0.05) is 18.2 Å². The molecule has 90 valence electrons. The number of carboxylic acids is 1. The maximum absolute atomic E-state index is 11.2. The molecular formula is C13H13ClO3. The number of aliphatic carboxylic acids is 1. The van der Waals surface area contributed by atoms with Gasteiger partial charge < -0.3 is 5.11 Å². The van der Waals surface area contributed by atoms with E-state index in [4.69, 9.17) is 16.7 Å². The second-order valence-corrected chi connectivity index (χ2v) is 3.98. The Bertz CT molecular complexity index is 464. The number of carbonyl (C=O) groups is 2. The molecule has 0 aliphatic heterocycles. The molecule has 0 bridgehead atoms. The first kappa shape index (κ1) is 13.5. The summed E-state index contributed by atoms with van der Waals surface area (Å²) >= 11 is 5.43. The van der Waals surface area contributed by atoms with Crippen LogP contribution in [0.2, 0.25) is 0 Å². The largest absolute Gasteiger partial charge is 0.478 e. The van der Waals surface area contributed by atoms with Gasteiger partial charge in [0.1, 0.15) is 0 Å². The minimum atomic E-state index is -0.981. The van der Waals surface area contributed by atoms with Gasteiger partial charge in [-0.25, -0.2) is 4.79 Å². The van der Waals surface area contributed by atoms with Gasteiger partial charge in [-0.15, -0.1) is 11.6 Å². The van der Waals surface area contributed by atoms with Crippen LogP contribution < -0.4 is 0 Å². The standard InChI is InChI=1S/C13H13ClO3/c1-9-6-10(7-12(15)8-14)2-3-11(9)4-5-13(16)17/h2-6H,7-8H2,1H3,(H,16,17)/b5-4+. The second kappa shape index (κ2) is 6.21. The maximum Gasteiger partial charge on any atom is 0.328 e. The summed E-state index contributed by atoms with van der Waals surface area (Å²) in [5.41, 5.74) is 2.65. The third-order valence-corrected chi connectivity index (χ3v) is 2.59. The Hall–Kier alpha value is -1.61. The van der Waals surface area contributed by atoms with Crippen LogP contribution in [-0.2, 0) is 16.0 Å². The summed E-state index contributed by atoms with van der Waals surface area (Å²) in [7, 11) is 0. The van der Waals surface area contributed by atoms with Crippen LogP contribution >= 0.6 is 11.6 Å². The van der Waals surface area contributed by atoms with Crippen LogP contribution in [-0.4, -0.2) is 22.7 Å². The van der Waals surface area contributed by atoms with Crippen LogP contribution in [0.3, 0.4) is 0 Å². The Morgan fingerprint density at radius 2 is 2.12 bits per heavy atom. The fourth-order valence-electron chi connectivity index (χ4n) is 1.47. The van der Waals surface area contributed by atoms with E-state index in [2.05, 4.69) is 0 Å². The molecule has 0 amide bonds. The van der Waals surface area contributed by atoms with E-state index >= 15 is 0 Å². The molecule has 1 aromatic rings. The van der Waals surface area contributed by atoms with Crippen LogP contribution in [0.1, 0.15) is 16.7 Å². The normalized spacial score (nSPS) is 10.7. The number of hydrogen-bond donors (Lipinski definition) is 1. The molecule has 0 heterocycles. The quantitative estimate of drug-likeness (QED) is 0.647. The summed E-state index contributed by atoms with van der Waals surface area (Å²) in [5, 5.41) is 8.53. The summed E-state index contributed by atoms with van der Waals surface area (Å²) in [6.45, 7) is 1.87. The Labute approximate surface area is 105 Å². The molecular weight excluding hydrogens is 240 g/mol. The fourth-order valence-corrected chi connectivity index (χ4v) is 1.57. The Morgan fingerprint density at radius 3 is 2.65 bits per heavy atom. The van der Waals surface area contributed by atoms with E-state index in [-0.39, 0.29) is 11.7 Å². The van der Waals surface area contributed by atoms with Crippen LogP contribution in [0.15, 0.2) is 24.3 Å². The first-order valence-corrected chi connectivity index (χ1v) is 5.64. The number of alkyl halides is 1. The lowest BCUT2D eigenvalue weighted by atomic mass is 10.0. The number of rotatable bonds is 5. The number of halogens is 1. The SMILES string of the molecule is Cc1cc(CC(=O)CCl)ccc1/C=C/C(=O)O. The highest BCUT2D eigenvalue weighted by molar-refractivity contribution is 6.27. The van der Waals surface area contributed by atoms with Crippen LogP contribution in [0.4, 0.5) is 0 Å². The van der Waals surface area contributed by atoms with Crippen molar-refractivity contribution >= 4 is 29.4 Å². The van der Waals surface area contributed by atoms with Crippen molar-refractivity contribution in [2.45, 2.75) is 13.3 Å². The topological polar surface area (TPSA) is 54.4 Å². The summed E-state index contributed by atoms with van der Waals surface area (Å²) in [6, 6.07) is 5.47. The van der Waals surface area contributed by atoms with Crippen molar-refractivity contribution < 1.29 is 14.7 Å². The Kier molecular flexibility index (Phi) is 4.91. The van der Waals surface area contributed by atoms with Crippen LogP contribution in [0.5, 0.6) is 0 Å². The predicted octanol–water partition coefficient (Wildman–Crippen LogP) is 2.44. The number of aryl methyl sites for hydroxylation is 1. The molecule has 0 saturated carbocycles. The zero-order valence-electron chi connectivity index (χ0n) is 9.44. The Balaban J connectivity index is 2.86. The van der Waals surface area contributed by atoms with Gasteiger partial charge in [0.15, 0.2) is 5.78 Å². The minimum Gasteiger partial charge on any atom is -0.478 e. The van der Waals surface area contributed by atoms with Crippen molar-refractivity contribution in [3.63, 3.8) is 0 Å². The van der Waals surface area contributed by atoms with Crippen LogP contribution in [0, 0.1) is 6.92 Å². The van der Waals surface area contributed by atoms with Crippen molar-refractivity contribution in [3.8, 4) is 0 Å². The second-order valence-electron chi connectivity index (χ2n) is 3.71. The first-order chi connectivity index (χ1) is 8.02. The molecule has 0 aromatic heterocycles. The van der Waals surface area contributed by atoms with Crippen molar-refractivity contribution in [3.05, 3.63) is 41.0 Å². The maximum atomic E-state index is 11.2. The van der Waals surface area contributed by atoms with Gasteiger partial charge in [0.05, 0.1) is 5.88 Å². The smallest absolute Gasteiger partial charge is 0.328 e. The average molecular weight is 253 g/mol. The number of Topliss-reactive ketones (excluding diaryl/α,β-unsaturated/α-hetero) is 1. The van der Waals surface area contributed by atoms with E-state index in [1.165, 1.54) is 6.08 Å². The number of benzene rings is 1. The lowest BCUT2D eigenvalue weighted by molar-refractivity contribution is -0.131. The molecule has 17 heavy (non-hydrogen) atoms. The number of ketones is 1. The highest BCUT2D eigenvalue weighted by Gasteiger charge is 2.03. The molecule has 0 fully saturated rings. The molecule has 0 unspecified atom stereocenters. The van der Waals surface area contributed by atoms with E-state index < -0.39 is 5.97 Å². The fraction of sp³-hybridized carbons (Fsp3) is 0.231. The van der Waals surface area contributed by atoms with Crippen molar-refractivity contribution in [1.82, 2.24) is 0 Å². The van der Waals surface area contributed by atoms with E-state index in [0.717, 1.165) is 22.8 Å². The van der Waals surface area contributed by atoms with Gasteiger partial charge in [-0.05, 0) is 29.7 Å². The van der Waals surface area contributed by atoms with Crippen molar-refractivity contribution in [2.24, 2.45) is 0 Å². The molecule has 1 aromatic carbocycles. The molecule has 0 atom stereocenters. The van der Waals surface area contributed by atoms with Gasteiger partial charge in [-0.3, -0.25) is 4.79 Å². The third kappa shape index (κ3) is 4.41. The third-order valence-electron chi connectivity index (χ3n) is 2.29. The highest BCUT2D eigenvalue weighted by atomic mass is 35.5. The van der Waals surface area contributed by atoms with E-state index in [0.29, 0.717) is 6.42 Å². The lowest BCUT2D eigenvalue weighted by Gasteiger charge is -2.04. The van der Waals surface area contributed by atoms with E-state index in [1.54, 1.807) is 12.1 Å². The summed E-state index contributed by atoms with van der Waals surface area (Å²) in [5.74, 6) is -0.995. The number of carbonyl (C=O) groups excluding carboxylic acids is 1. The summed E-state index contributed by atoms with van der Waals surface area (Å²) in [6.07, 6.45) is 2.93. The van der Waals surface area contributed by atoms with E-state index in [1.807, 2.05) is 13.0 Å². The predicted molar refractivity (Wildman–Crippen MR) is 67.3 cm³/mol. The van der Waals surface area contributed by atoms with Gasteiger partial charge in [0.25, 0.3) is 0 Å². The molecule has 1 N–H and O–H groups in total. The molecule has 0 saturated heterocycles. The monoisotopic (exact) mass is 252 g/mol. The minimum absolute atomic E-state index is 0.0136.